The molecular weight excluding hydrogens is 296 g/mol. The number of carbonyl (C=O) groups excluding carboxylic acids is 1. The Morgan fingerprint density at radius 1 is 1.23 bits per heavy atom. The zero-order valence-corrected chi connectivity index (χ0v) is 12.3. The number of oxazole rings is 1. The maximum Gasteiger partial charge on any atom is 0.387 e. The lowest BCUT2D eigenvalue weighted by atomic mass is 10.2. The van der Waals surface area contributed by atoms with Crippen LogP contribution in [0, 0.1) is 0 Å². The Labute approximate surface area is 125 Å². The molecule has 0 saturated heterocycles. The van der Waals surface area contributed by atoms with Crippen molar-refractivity contribution in [3.63, 3.8) is 0 Å². The van der Waals surface area contributed by atoms with Gasteiger partial charge in [0.15, 0.2) is 17.3 Å². The first-order valence-electron chi connectivity index (χ1n) is 6.59. The molecule has 0 atom stereocenters. The Hall–Kier alpha value is -2.44. The summed E-state index contributed by atoms with van der Waals surface area (Å²) in [6.07, 6.45) is 1.01. The molecule has 0 bridgehead atoms. The molecule has 0 fully saturated rings. The fourth-order valence-electron chi connectivity index (χ4n) is 1.75. The van der Waals surface area contributed by atoms with Crippen LogP contribution >= 0.6 is 0 Å². The summed E-state index contributed by atoms with van der Waals surface area (Å²) < 4.78 is 39.9. The number of hydrogen-bond acceptors (Lipinski definition) is 5. The minimum atomic E-state index is -2.95. The normalized spacial score (nSPS) is 11.0. The Bertz CT molecular complexity index is 667. The number of aromatic nitrogens is 1. The number of carbonyl (C=O) groups is 1. The van der Waals surface area contributed by atoms with E-state index in [4.69, 9.17) is 9.15 Å². The monoisotopic (exact) mass is 311 g/mol. The van der Waals surface area contributed by atoms with Crippen LogP contribution in [0.15, 0.2) is 28.9 Å². The summed E-state index contributed by atoms with van der Waals surface area (Å²) in [6.45, 7) is 1.94. The minimum absolute atomic E-state index is 0.0780. The zero-order chi connectivity index (χ0) is 16.3. The van der Waals surface area contributed by atoms with Gasteiger partial charge in [-0.25, -0.2) is 4.98 Å². The number of halogens is 2. The molecule has 22 heavy (non-hydrogen) atoms. The van der Waals surface area contributed by atoms with Gasteiger partial charge in [-0.05, 0) is 32.0 Å². The second-order valence-electron chi connectivity index (χ2n) is 4.80. The summed E-state index contributed by atoms with van der Waals surface area (Å²) in [7, 11) is 0. The van der Waals surface area contributed by atoms with Gasteiger partial charge in [-0.3, -0.25) is 4.79 Å². The molecule has 118 valence electrons. The highest BCUT2D eigenvalue weighted by atomic mass is 19.3. The number of ketones is 1. The molecule has 0 aliphatic carbocycles. The van der Waals surface area contributed by atoms with Crippen molar-refractivity contribution in [2.75, 3.05) is 0 Å². The highest BCUT2D eigenvalue weighted by molar-refractivity contribution is 5.92. The van der Waals surface area contributed by atoms with Crippen LogP contribution in [0.4, 0.5) is 8.78 Å². The molecule has 0 N–H and O–H groups in total. The maximum absolute atomic E-state index is 12.4. The highest BCUT2D eigenvalue weighted by Crippen LogP contribution is 2.34. The first-order chi connectivity index (χ1) is 10.4. The summed E-state index contributed by atoms with van der Waals surface area (Å²) in [5.41, 5.74) is 0.680. The fourth-order valence-corrected chi connectivity index (χ4v) is 1.75. The molecule has 0 aliphatic heterocycles. The Morgan fingerprint density at radius 2 is 1.95 bits per heavy atom. The summed E-state index contributed by atoms with van der Waals surface area (Å²) in [4.78, 5) is 15.3. The van der Waals surface area contributed by atoms with Gasteiger partial charge in [0.05, 0.1) is 6.10 Å². The van der Waals surface area contributed by atoms with Crippen LogP contribution in [0.5, 0.6) is 11.5 Å². The lowest BCUT2D eigenvalue weighted by Crippen LogP contribution is -2.09. The smallest absolute Gasteiger partial charge is 0.387 e. The van der Waals surface area contributed by atoms with E-state index in [1.54, 1.807) is 13.8 Å². The molecule has 0 unspecified atom stereocenters. The third-order valence-corrected chi connectivity index (χ3v) is 2.63. The molecule has 1 aromatic heterocycles. The second kappa shape index (κ2) is 6.55. The van der Waals surface area contributed by atoms with Crippen LogP contribution in [0.25, 0.3) is 11.5 Å². The molecule has 1 heterocycles. The first-order valence-corrected chi connectivity index (χ1v) is 6.59. The van der Waals surface area contributed by atoms with Crippen molar-refractivity contribution >= 4 is 5.78 Å². The summed E-state index contributed by atoms with van der Waals surface area (Å²) in [5.74, 6) is 0.0369. The lowest BCUT2D eigenvalue weighted by molar-refractivity contribution is -0.0518. The van der Waals surface area contributed by atoms with Gasteiger partial charge < -0.3 is 13.9 Å². The molecule has 2 aromatic rings. The fraction of sp³-hybridized carbons (Fsp3) is 0.333. The summed E-state index contributed by atoms with van der Waals surface area (Å²) in [5, 5.41) is 0. The molecule has 2 rings (SSSR count). The van der Waals surface area contributed by atoms with Crippen LogP contribution in [0.1, 0.15) is 31.3 Å². The van der Waals surface area contributed by atoms with Gasteiger partial charge in [-0.1, -0.05) is 0 Å². The summed E-state index contributed by atoms with van der Waals surface area (Å²) >= 11 is 0. The molecule has 0 amide bonds. The molecular formula is C15H15F2NO4. The number of alkyl halides is 2. The van der Waals surface area contributed by atoms with Crippen LogP contribution in [-0.4, -0.2) is 23.5 Å². The van der Waals surface area contributed by atoms with Crippen molar-refractivity contribution in [3.05, 3.63) is 30.2 Å². The molecule has 5 nitrogen and oxygen atoms in total. The van der Waals surface area contributed by atoms with Crippen molar-refractivity contribution in [1.29, 1.82) is 0 Å². The molecule has 0 radical (unpaired) electrons. The topological polar surface area (TPSA) is 61.6 Å². The SMILES string of the molecule is CC(=O)c1coc(-c2ccc(OC(F)F)c(OC(C)C)c2)n1. The summed E-state index contributed by atoms with van der Waals surface area (Å²) in [6, 6.07) is 4.32. The number of ether oxygens (including phenoxy) is 2. The third-order valence-electron chi connectivity index (χ3n) is 2.63. The van der Waals surface area contributed by atoms with Crippen molar-refractivity contribution in [3.8, 4) is 23.0 Å². The Balaban J connectivity index is 2.38. The van der Waals surface area contributed by atoms with Gasteiger partial charge in [0.25, 0.3) is 0 Å². The van der Waals surface area contributed by atoms with Crippen molar-refractivity contribution in [2.24, 2.45) is 0 Å². The molecule has 0 aliphatic rings. The predicted molar refractivity (Wildman–Crippen MR) is 74.3 cm³/mol. The number of hydrogen-bond donors (Lipinski definition) is 0. The number of nitrogens with zero attached hydrogens (tertiary/aromatic N) is 1. The van der Waals surface area contributed by atoms with Crippen LogP contribution in [0.2, 0.25) is 0 Å². The first kappa shape index (κ1) is 15.9. The van der Waals surface area contributed by atoms with Gasteiger partial charge in [-0.15, -0.1) is 0 Å². The van der Waals surface area contributed by atoms with E-state index in [1.807, 2.05) is 0 Å². The Kier molecular flexibility index (Phi) is 4.75. The molecule has 0 spiro atoms. The standard InChI is InChI=1S/C15H15F2NO4/c1-8(2)21-13-6-10(4-5-12(13)22-15(16)17)14-18-11(7-20-14)9(3)19/h4-8,15H,1-3H3. The minimum Gasteiger partial charge on any atom is -0.487 e. The van der Waals surface area contributed by atoms with E-state index in [9.17, 15) is 13.6 Å². The predicted octanol–water partition coefficient (Wildman–Crippen LogP) is 3.93. The van der Waals surface area contributed by atoms with E-state index in [1.165, 1.54) is 31.4 Å². The average molecular weight is 311 g/mol. The van der Waals surface area contributed by atoms with E-state index < -0.39 is 6.61 Å². The Morgan fingerprint density at radius 3 is 2.50 bits per heavy atom. The van der Waals surface area contributed by atoms with Crippen LogP contribution in [0.3, 0.4) is 0 Å². The number of Topliss-reactive ketones (excluding diaryl/α,β-unsaturated/α-hetero) is 1. The van der Waals surface area contributed by atoms with E-state index >= 15 is 0 Å². The zero-order valence-electron chi connectivity index (χ0n) is 12.3. The molecule has 1 aromatic carbocycles. The van der Waals surface area contributed by atoms with E-state index in [-0.39, 0.29) is 35.0 Å². The van der Waals surface area contributed by atoms with E-state index in [0.717, 1.165) is 0 Å². The highest BCUT2D eigenvalue weighted by Gasteiger charge is 2.16. The van der Waals surface area contributed by atoms with Gasteiger partial charge in [0, 0.05) is 12.5 Å². The largest absolute Gasteiger partial charge is 0.487 e. The van der Waals surface area contributed by atoms with Gasteiger partial charge in [-0.2, -0.15) is 8.78 Å². The van der Waals surface area contributed by atoms with Crippen molar-refractivity contribution < 1.29 is 27.5 Å². The third kappa shape index (κ3) is 3.81. The van der Waals surface area contributed by atoms with E-state index in [0.29, 0.717) is 5.56 Å². The molecule has 7 heteroatoms. The van der Waals surface area contributed by atoms with Crippen molar-refractivity contribution in [1.82, 2.24) is 4.98 Å². The van der Waals surface area contributed by atoms with Crippen LogP contribution < -0.4 is 9.47 Å². The van der Waals surface area contributed by atoms with Gasteiger partial charge in [0.2, 0.25) is 5.89 Å². The number of benzene rings is 1. The van der Waals surface area contributed by atoms with Gasteiger partial charge in [0.1, 0.15) is 12.0 Å². The van der Waals surface area contributed by atoms with E-state index in [2.05, 4.69) is 9.72 Å². The lowest BCUT2D eigenvalue weighted by Gasteiger charge is -2.15. The van der Waals surface area contributed by atoms with Gasteiger partial charge >= 0.3 is 6.61 Å². The van der Waals surface area contributed by atoms with Crippen molar-refractivity contribution in [2.45, 2.75) is 33.5 Å². The second-order valence-corrected chi connectivity index (χ2v) is 4.80. The molecule has 0 saturated carbocycles. The maximum atomic E-state index is 12.4. The average Bonchev–Trinajstić information content (AvgIpc) is 2.89. The van der Waals surface area contributed by atoms with Crippen LogP contribution in [-0.2, 0) is 0 Å². The number of rotatable bonds is 6. The quantitative estimate of drug-likeness (QED) is 0.756.